The van der Waals surface area contributed by atoms with E-state index >= 15 is 0 Å². The van der Waals surface area contributed by atoms with E-state index in [0.717, 1.165) is 12.0 Å². The van der Waals surface area contributed by atoms with Gasteiger partial charge in [-0.15, -0.1) is 0 Å². The minimum Gasteiger partial charge on any atom is -0.469 e. The zero-order chi connectivity index (χ0) is 13.5. The minimum atomic E-state index is -0.722. The summed E-state index contributed by atoms with van der Waals surface area (Å²) in [5.74, 6) is -0.335. The molecule has 0 aliphatic carbocycles. The quantitative estimate of drug-likeness (QED) is 0.751. The number of aliphatic hydroxyl groups excluding tert-OH is 1. The molecule has 0 bridgehead atoms. The second-order valence-electron chi connectivity index (χ2n) is 4.22. The van der Waals surface area contributed by atoms with Crippen LogP contribution in [0.25, 0.3) is 0 Å². The summed E-state index contributed by atoms with van der Waals surface area (Å²) >= 11 is 0. The second kappa shape index (κ2) is 7.13. The lowest BCUT2D eigenvalue weighted by atomic mass is 9.98. The third-order valence-corrected chi connectivity index (χ3v) is 3.10. The van der Waals surface area contributed by atoms with E-state index in [1.807, 2.05) is 24.3 Å². The molecule has 0 heterocycles. The Balaban J connectivity index is 2.75. The molecule has 0 radical (unpaired) electrons. The zero-order valence-corrected chi connectivity index (χ0v) is 11.1. The number of benzene rings is 1. The predicted octanol–water partition coefficient (Wildman–Crippen LogP) is 1.43. The number of rotatable bonds is 6. The normalized spacial score (nSPS) is 14.0. The van der Waals surface area contributed by atoms with E-state index in [0.29, 0.717) is 0 Å². The van der Waals surface area contributed by atoms with Gasteiger partial charge in [0.05, 0.1) is 19.6 Å². The Labute approximate surface area is 108 Å². The number of carbonyl (C=O) groups excluding carboxylic acids is 1. The average Bonchev–Trinajstić information content (AvgIpc) is 2.43. The van der Waals surface area contributed by atoms with Gasteiger partial charge in [0.15, 0.2) is 0 Å². The van der Waals surface area contributed by atoms with Crippen molar-refractivity contribution in [1.82, 2.24) is 5.32 Å². The van der Waals surface area contributed by atoms with Crippen LogP contribution in [0.2, 0.25) is 0 Å². The third-order valence-electron chi connectivity index (χ3n) is 3.10. The van der Waals surface area contributed by atoms with Gasteiger partial charge in [0.1, 0.15) is 0 Å². The van der Waals surface area contributed by atoms with Crippen molar-refractivity contribution >= 4 is 5.97 Å². The summed E-state index contributed by atoms with van der Waals surface area (Å²) in [6.45, 7) is 2.08. The SMILES string of the molecule is CCc1ccc(C(O)C(CC(=O)OC)NC)cc1. The first kappa shape index (κ1) is 14.7. The number of aliphatic hydroxyl groups is 1. The van der Waals surface area contributed by atoms with E-state index in [4.69, 9.17) is 0 Å². The molecular formula is C14H21NO3. The lowest BCUT2D eigenvalue weighted by Crippen LogP contribution is -2.34. The Kier molecular flexibility index (Phi) is 5.82. The summed E-state index contributed by atoms with van der Waals surface area (Å²) in [6.07, 6.45) is 0.387. The maximum atomic E-state index is 11.2. The molecule has 1 aromatic rings. The molecule has 0 amide bonds. The monoisotopic (exact) mass is 251 g/mol. The molecule has 0 saturated heterocycles. The number of methoxy groups -OCH3 is 1. The van der Waals surface area contributed by atoms with Crippen molar-refractivity contribution in [3.05, 3.63) is 35.4 Å². The molecule has 0 aromatic heterocycles. The van der Waals surface area contributed by atoms with Gasteiger partial charge in [-0.1, -0.05) is 31.2 Å². The highest BCUT2D eigenvalue weighted by atomic mass is 16.5. The van der Waals surface area contributed by atoms with Gasteiger partial charge in [-0.05, 0) is 24.6 Å². The summed E-state index contributed by atoms with van der Waals surface area (Å²) in [5.41, 5.74) is 2.02. The fraction of sp³-hybridized carbons (Fsp3) is 0.500. The molecule has 2 unspecified atom stereocenters. The number of esters is 1. The van der Waals surface area contributed by atoms with Crippen molar-refractivity contribution in [1.29, 1.82) is 0 Å². The second-order valence-corrected chi connectivity index (χ2v) is 4.22. The van der Waals surface area contributed by atoms with E-state index in [1.54, 1.807) is 7.05 Å². The first-order valence-electron chi connectivity index (χ1n) is 6.13. The van der Waals surface area contributed by atoms with E-state index in [-0.39, 0.29) is 18.4 Å². The molecule has 18 heavy (non-hydrogen) atoms. The van der Waals surface area contributed by atoms with Crippen molar-refractivity contribution in [2.24, 2.45) is 0 Å². The standard InChI is InChI=1S/C14H21NO3/c1-4-10-5-7-11(8-6-10)14(17)12(15-2)9-13(16)18-3/h5-8,12,14-15,17H,4,9H2,1-3H3. The molecule has 1 aromatic carbocycles. The van der Waals surface area contributed by atoms with Crippen LogP contribution in [0.5, 0.6) is 0 Å². The highest BCUT2D eigenvalue weighted by molar-refractivity contribution is 5.70. The van der Waals surface area contributed by atoms with E-state index < -0.39 is 6.10 Å². The number of carbonyl (C=O) groups is 1. The zero-order valence-electron chi connectivity index (χ0n) is 11.1. The molecule has 0 fully saturated rings. The minimum absolute atomic E-state index is 0.143. The molecule has 100 valence electrons. The van der Waals surface area contributed by atoms with Gasteiger partial charge in [0, 0.05) is 6.04 Å². The van der Waals surface area contributed by atoms with Crippen LogP contribution in [0.15, 0.2) is 24.3 Å². The van der Waals surface area contributed by atoms with Crippen LogP contribution in [-0.2, 0) is 16.0 Å². The van der Waals surface area contributed by atoms with Gasteiger partial charge >= 0.3 is 5.97 Å². The number of aryl methyl sites for hydroxylation is 1. The summed E-state index contributed by atoms with van der Waals surface area (Å²) in [5, 5.41) is 13.2. The van der Waals surface area contributed by atoms with Crippen molar-refractivity contribution < 1.29 is 14.6 Å². The van der Waals surface area contributed by atoms with Crippen molar-refractivity contribution in [2.75, 3.05) is 14.2 Å². The van der Waals surface area contributed by atoms with Crippen molar-refractivity contribution in [3.8, 4) is 0 Å². The topological polar surface area (TPSA) is 58.6 Å². The number of hydrogen-bond acceptors (Lipinski definition) is 4. The molecule has 0 spiro atoms. The highest BCUT2D eigenvalue weighted by Crippen LogP contribution is 2.19. The van der Waals surface area contributed by atoms with Crippen LogP contribution >= 0.6 is 0 Å². The van der Waals surface area contributed by atoms with Crippen LogP contribution in [-0.4, -0.2) is 31.3 Å². The molecular weight excluding hydrogens is 230 g/mol. The average molecular weight is 251 g/mol. The van der Waals surface area contributed by atoms with Crippen LogP contribution in [0.1, 0.15) is 30.6 Å². The van der Waals surface area contributed by atoms with Crippen molar-refractivity contribution in [3.63, 3.8) is 0 Å². The van der Waals surface area contributed by atoms with Gasteiger partial charge < -0.3 is 15.2 Å². The Bertz CT molecular complexity index is 375. The van der Waals surface area contributed by atoms with Crippen molar-refractivity contribution in [2.45, 2.75) is 31.9 Å². The maximum absolute atomic E-state index is 11.2. The smallest absolute Gasteiger partial charge is 0.307 e. The first-order valence-corrected chi connectivity index (χ1v) is 6.13. The molecule has 0 aliphatic heterocycles. The first-order chi connectivity index (χ1) is 8.62. The molecule has 4 nitrogen and oxygen atoms in total. The Hall–Kier alpha value is -1.39. The third kappa shape index (κ3) is 3.82. The van der Waals surface area contributed by atoms with E-state index in [9.17, 15) is 9.90 Å². The molecule has 0 aliphatic rings. The molecule has 0 saturated carbocycles. The van der Waals surface area contributed by atoms with Gasteiger partial charge in [-0.2, -0.15) is 0 Å². The Morgan fingerprint density at radius 1 is 1.39 bits per heavy atom. The van der Waals surface area contributed by atoms with Crippen LogP contribution < -0.4 is 5.32 Å². The molecule has 2 atom stereocenters. The van der Waals surface area contributed by atoms with Gasteiger partial charge in [0.25, 0.3) is 0 Å². The number of nitrogens with one attached hydrogen (secondary N) is 1. The summed E-state index contributed by atoms with van der Waals surface area (Å²) in [4.78, 5) is 11.2. The predicted molar refractivity (Wildman–Crippen MR) is 70.3 cm³/mol. The fourth-order valence-electron chi connectivity index (χ4n) is 1.82. The summed E-state index contributed by atoms with van der Waals surface area (Å²) in [6, 6.07) is 7.42. The van der Waals surface area contributed by atoms with E-state index in [2.05, 4.69) is 17.0 Å². The Morgan fingerprint density at radius 2 is 2.00 bits per heavy atom. The molecule has 2 N–H and O–H groups in total. The lowest BCUT2D eigenvalue weighted by molar-refractivity contribution is -0.141. The number of likely N-dealkylation sites (N-methyl/N-ethyl adjacent to an activating group) is 1. The number of ether oxygens (including phenoxy) is 1. The van der Waals surface area contributed by atoms with E-state index in [1.165, 1.54) is 12.7 Å². The fourth-order valence-corrected chi connectivity index (χ4v) is 1.82. The van der Waals surface area contributed by atoms with Gasteiger partial charge in [-0.25, -0.2) is 0 Å². The lowest BCUT2D eigenvalue weighted by Gasteiger charge is -2.22. The highest BCUT2D eigenvalue weighted by Gasteiger charge is 2.22. The van der Waals surface area contributed by atoms with Crippen LogP contribution in [0.4, 0.5) is 0 Å². The van der Waals surface area contributed by atoms with Gasteiger partial charge in [0.2, 0.25) is 0 Å². The number of hydrogen-bond donors (Lipinski definition) is 2. The van der Waals surface area contributed by atoms with Gasteiger partial charge in [-0.3, -0.25) is 4.79 Å². The molecule has 4 heteroatoms. The van der Waals surface area contributed by atoms with Crippen LogP contribution in [0, 0.1) is 0 Å². The molecule has 1 rings (SSSR count). The summed E-state index contributed by atoms with van der Waals surface area (Å²) in [7, 11) is 3.06. The summed E-state index contributed by atoms with van der Waals surface area (Å²) < 4.78 is 4.62. The van der Waals surface area contributed by atoms with Crippen LogP contribution in [0.3, 0.4) is 0 Å². The largest absolute Gasteiger partial charge is 0.469 e. The maximum Gasteiger partial charge on any atom is 0.307 e. The Morgan fingerprint density at radius 3 is 2.44 bits per heavy atom.